The summed E-state index contributed by atoms with van der Waals surface area (Å²) in [6.45, 7) is 1.77. The Morgan fingerprint density at radius 3 is 2.20 bits per heavy atom. The molecule has 2 aromatic rings. The molecule has 2 aromatic carbocycles. The van der Waals surface area contributed by atoms with Crippen LogP contribution in [-0.4, -0.2) is 51.0 Å². The number of carbonyl (C=O) groups is 2. The highest BCUT2D eigenvalue weighted by atomic mass is 16.5. The molecule has 1 N–H and O–H groups in total. The second-order valence-corrected chi connectivity index (χ2v) is 8.67. The van der Waals surface area contributed by atoms with E-state index in [1.807, 2.05) is 18.2 Å². The molecular weight excluding hydrogens is 450 g/mol. The molecule has 8 nitrogen and oxygen atoms in total. The zero-order chi connectivity index (χ0) is 25.3. The molecular formula is C27H29NO7. The van der Waals surface area contributed by atoms with Gasteiger partial charge in [-0.1, -0.05) is 12.1 Å². The number of methoxy groups -OCH3 is 4. The number of phenols is 1. The first-order valence-corrected chi connectivity index (χ1v) is 11.3. The zero-order valence-corrected chi connectivity index (χ0v) is 20.5. The number of benzene rings is 2. The van der Waals surface area contributed by atoms with Crippen molar-refractivity contribution < 1.29 is 33.6 Å². The molecule has 1 heterocycles. The van der Waals surface area contributed by atoms with E-state index in [0.717, 1.165) is 5.56 Å². The summed E-state index contributed by atoms with van der Waals surface area (Å²) in [6.07, 6.45) is 0.788. The molecule has 0 fully saturated rings. The molecule has 0 amide bonds. The Labute approximate surface area is 204 Å². The summed E-state index contributed by atoms with van der Waals surface area (Å²) in [5.41, 5.74) is 3.28. The fourth-order valence-electron chi connectivity index (χ4n) is 5.09. The van der Waals surface area contributed by atoms with Crippen LogP contribution >= 0.6 is 0 Å². The molecule has 0 bridgehead atoms. The fourth-order valence-corrected chi connectivity index (χ4v) is 5.09. The molecule has 1 aliphatic carbocycles. The van der Waals surface area contributed by atoms with Crippen LogP contribution < -0.4 is 14.2 Å². The van der Waals surface area contributed by atoms with Crippen molar-refractivity contribution in [3.05, 3.63) is 58.8 Å². The minimum atomic E-state index is -0.770. The van der Waals surface area contributed by atoms with Crippen LogP contribution in [0.25, 0.3) is 0 Å². The van der Waals surface area contributed by atoms with E-state index in [9.17, 15) is 14.7 Å². The first-order chi connectivity index (χ1) is 16.8. The number of hydrogen-bond acceptors (Lipinski definition) is 8. The standard InChI is InChI=1S/C27H29NO7/c1-14-24(27(31)35-5)25(16-7-8-21(32-2)19(29)11-16)26-18(28-14)10-17(12-20(26)30)15-6-9-22(33-3)23(13-15)34-4/h6-9,11,13,17,24-25,29H,10,12H2,1-5H3/t17-,24?,25+/m1/s1. The Balaban J connectivity index is 1.79. The number of rotatable bonds is 6. The third kappa shape index (κ3) is 4.36. The largest absolute Gasteiger partial charge is 0.504 e. The lowest BCUT2D eigenvalue weighted by Gasteiger charge is -2.36. The second-order valence-electron chi connectivity index (χ2n) is 8.67. The first-order valence-electron chi connectivity index (χ1n) is 11.3. The third-order valence-electron chi connectivity index (χ3n) is 6.78. The Bertz CT molecular complexity index is 1230. The van der Waals surface area contributed by atoms with E-state index >= 15 is 0 Å². The molecule has 184 valence electrons. The SMILES string of the molecule is COC(=O)C1C(C)=NC2=C(C(=O)C[C@H](c3ccc(OC)c(OC)c3)C2)[C@H]1c1ccc(OC)c(O)c1. The summed E-state index contributed by atoms with van der Waals surface area (Å²) in [5.74, 6) is -0.604. The van der Waals surface area contributed by atoms with Gasteiger partial charge in [0.25, 0.3) is 0 Å². The van der Waals surface area contributed by atoms with Gasteiger partial charge >= 0.3 is 5.97 Å². The third-order valence-corrected chi connectivity index (χ3v) is 6.78. The monoisotopic (exact) mass is 479 g/mol. The van der Waals surface area contributed by atoms with E-state index in [1.54, 1.807) is 33.3 Å². The Morgan fingerprint density at radius 1 is 0.914 bits per heavy atom. The van der Waals surface area contributed by atoms with Gasteiger partial charge in [0.05, 0.1) is 28.4 Å². The predicted octanol–water partition coefficient (Wildman–Crippen LogP) is 4.17. The van der Waals surface area contributed by atoms with Crippen LogP contribution in [0.15, 0.2) is 52.7 Å². The highest BCUT2D eigenvalue weighted by Crippen LogP contribution is 2.48. The molecule has 3 atom stereocenters. The maximum absolute atomic E-state index is 13.6. The van der Waals surface area contributed by atoms with Gasteiger partial charge in [-0.25, -0.2) is 0 Å². The smallest absolute Gasteiger partial charge is 0.315 e. The van der Waals surface area contributed by atoms with Crippen LogP contribution in [0.2, 0.25) is 0 Å². The lowest BCUT2D eigenvalue weighted by molar-refractivity contribution is -0.143. The molecule has 1 unspecified atom stereocenters. The number of hydrogen-bond donors (Lipinski definition) is 1. The number of allylic oxidation sites excluding steroid dienone is 2. The van der Waals surface area contributed by atoms with Gasteiger partial charge in [0.15, 0.2) is 28.8 Å². The molecule has 0 aromatic heterocycles. The van der Waals surface area contributed by atoms with Gasteiger partial charge in [-0.2, -0.15) is 0 Å². The Morgan fingerprint density at radius 2 is 1.57 bits per heavy atom. The van der Waals surface area contributed by atoms with E-state index in [1.165, 1.54) is 20.3 Å². The summed E-state index contributed by atoms with van der Waals surface area (Å²) in [4.78, 5) is 31.2. The van der Waals surface area contributed by atoms with Crippen molar-refractivity contribution in [2.45, 2.75) is 31.6 Å². The Kier molecular flexibility index (Phi) is 6.82. The number of aromatic hydroxyl groups is 1. The number of ether oxygens (including phenoxy) is 4. The van der Waals surface area contributed by atoms with Crippen molar-refractivity contribution in [3.8, 4) is 23.0 Å². The summed E-state index contributed by atoms with van der Waals surface area (Å²) in [5, 5.41) is 10.4. The first kappa shape index (κ1) is 24.3. The molecule has 8 heteroatoms. The maximum atomic E-state index is 13.6. The summed E-state index contributed by atoms with van der Waals surface area (Å²) >= 11 is 0. The number of esters is 1. The van der Waals surface area contributed by atoms with E-state index in [0.29, 0.717) is 46.2 Å². The van der Waals surface area contributed by atoms with Crippen molar-refractivity contribution in [1.29, 1.82) is 0 Å². The van der Waals surface area contributed by atoms with Gasteiger partial charge in [-0.05, 0) is 54.7 Å². The number of carbonyl (C=O) groups excluding carboxylic acids is 2. The van der Waals surface area contributed by atoms with E-state index in [4.69, 9.17) is 23.9 Å². The quantitative estimate of drug-likeness (QED) is 0.620. The average molecular weight is 480 g/mol. The lowest BCUT2D eigenvalue weighted by atomic mass is 9.69. The highest BCUT2D eigenvalue weighted by molar-refractivity contribution is 6.09. The molecule has 4 rings (SSSR count). The van der Waals surface area contributed by atoms with Crippen molar-refractivity contribution >= 4 is 17.5 Å². The number of phenolic OH excluding ortho intramolecular Hbond substituents is 1. The number of nitrogens with zero attached hydrogens (tertiary/aromatic N) is 1. The fraction of sp³-hybridized carbons (Fsp3) is 0.370. The molecule has 2 aliphatic rings. The zero-order valence-electron chi connectivity index (χ0n) is 20.5. The summed E-state index contributed by atoms with van der Waals surface area (Å²) < 4.78 is 21.0. The normalized spacial score (nSPS) is 21.7. The summed E-state index contributed by atoms with van der Waals surface area (Å²) in [7, 11) is 5.93. The van der Waals surface area contributed by atoms with Crippen molar-refractivity contribution in [2.24, 2.45) is 10.9 Å². The van der Waals surface area contributed by atoms with Gasteiger partial charge in [0.1, 0.15) is 5.92 Å². The van der Waals surface area contributed by atoms with Crippen molar-refractivity contribution in [2.75, 3.05) is 28.4 Å². The van der Waals surface area contributed by atoms with E-state index < -0.39 is 17.8 Å². The maximum Gasteiger partial charge on any atom is 0.315 e. The van der Waals surface area contributed by atoms with Crippen LogP contribution in [0.5, 0.6) is 23.0 Å². The van der Waals surface area contributed by atoms with Gasteiger partial charge in [-0.15, -0.1) is 0 Å². The Hall–Kier alpha value is -3.81. The minimum Gasteiger partial charge on any atom is -0.504 e. The van der Waals surface area contributed by atoms with Crippen molar-refractivity contribution in [1.82, 2.24) is 0 Å². The predicted molar refractivity (Wildman–Crippen MR) is 130 cm³/mol. The van der Waals surface area contributed by atoms with Gasteiger partial charge in [0.2, 0.25) is 0 Å². The van der Waals surface area contributed by atoms with Crippen LogP contribution in [0.3, 0.4) is 0 Å². The highest BCUT2D eigenvalue weighted by Gasteiger charge is 2.44. The van der Waals surface area contributed by atoms with Gasteiger partial charge < -0.3 is 24.1 Å². The van der Waals surface area contributed by atoms with Crippen molar-refractivity contribution in [3.63, 3.8) is 0 Å². The van der Waals surface area contributed by atoms with Gasteiger partial charge in [0, 0.05) is 29.3 Å². The summed E-state index contributed by atoms with van der Waals surface area (Å²) in [6, 6.07) is 10.6. The molecule has 0 saturated carbocycles. The number of aliphatic imine (C=N–C) groups is 1. The molecule has 0 radical (unpaired) electrons. The molecule has 0 spiro atoms. The van der Waals surface area contributed by atoms with Gasteiger partial charge in [-0.3, -0.25) is 14.6 Å². The molecule has 1 aliphatic heterocycles. The van der Waals surface area contributed by atoms with Crippen LogP contribution in [0.4, 0.5) is 0 Å². The molecule has 0 saturated heterocycles. The number of Topliss-reactive ketones (excluding diaryl/α,β-unsaturated/α-hetero) is 1. The minimum absolute atomic E-state index is 0.0672. The lowest BCUT2D eigenvalue weighted by Crippen LogP contribution is -2.37. The van der Waals surface area contributed by atoms with E-state index in [2.05, 4.69) is 0 Å². The van der Waals surface area contributed by atoms with Crippen LogP contribution in [0, 0.1) is 5.92 Å². The topological polar surface area (TPSA) is 104 Å². The average Bonchev–Trinajstić information content (AvgIpc) is 2.86. The molecule has 35 heavy (non-hydrogen) atoms. The van der Waals surface area contributed by atoms with E-state index in [-0.39, 0.29) is 23.9 Å². The van der Waals surface area contributed by atoms with Crippen LogP contribution in [-0.2, 0) is 14.3 Å². The number of ketones is 1. The second kappa shape index (κ2) is 9.82. The van der Waals surface area contributed by atoms with Crippen LogP contribution in [0.1, 0.15) is 42.7 Å².